The van der Waals surface area contributed by atoms with Crippen LogP contribution < -0.4 is 9.46 Å². The van der Waals surface area contributed by atoms with Crippen molar-refractivity contribution in [3.05, 3.63) is 47.5 Å². The van der Waals surface area contributed by atoms with Gasteiger partial charge in [0.15, 0.2) is 5.82 Å². The molecule has 1 atom stereocenters. The number of carbonyl (C=O) groups is 2. The molecule has 1 N–H and O–H groups in total. The number of carbonyl (C=O) groups excluding carboxylic acids is 2. The summed E-state index contributed by atoms with van der Waals surface area (Å²) in [6.07, 6.45) is 3.43. The van der Waals surface area contributed by atoms with Crippen molar-refractivity contribution in [2.24, 2.45) is 11.3 Å². The Balaban J connectivity index is 1.05. The quantitative estimate of drug-likeness (QED) is 0.152. The summed E-state index contributed by atoms with van der Waals surface area (Å²) in [5.74, 6) is 0.402. The number of nitrogens with one attached hydrogen (secondary N) is 1. The molecule has 5 rings (SSSR count). The molecular formula is C32H41ClF3N7O4S. The van der Waals surface area contributed by atoms with Crippen molar-refractivity contribution in [1.29, 1.82) is 0 Å². The lowest BCUT2D eigenvalue weighted by Crippen LogP contribution is -2.45. The van der Waals surface area contributed by atoms with Gasteiger partial charge in [-0.05, 0) is 103 Å². The molecule has 3 aromatic rings. The standard InChI is InChI=1S/C32H41ClF3N7O4S/c1-29(2,3)47-28(45)42-19-21(17-30(42,4)5)7-6-14-41-20-22(18-37-41)48-40-27(44)23-8-9-24(38-26(23)33)43-15-10-25(39-43)46-16-13-31(11-12-31)32(34,35)36/h8-10,15,18,20-21H,6-7,11-14,16-17,19H2,1-5H3,(H,40,44). The van der Waals surface area contributed by atoms with E-state index < -0.39 is 23.1 Å². The zero-order valence-corrected chi connectivity index (χ0v) is 29.2. The van der Waals surface area contributed by atoms with Gasteiger partial charge in [0.1, 0.15) is 10.8 Å². The number of rotatable bonds is 12. The molecule has 2 amide bonds. The minimum Gasteiger partial charge on any atom is -0.477 e. The SMILES string of the molecule is CC(C)(C)OC(=O)N1CC(CCCn2cc(SNC(=O)c3ccc(-n4ccc(OCCC5(C(F)(F)F)CC5)n4)nc3Cl)cn2)CC1(C)C. The first kappa shape index (κ1) is 35.8. The van der Waals surface area contributed by atoms with Gasteiger partial charge < -0.3 is 14.4 Å². The van der Waals surface area contributed by atoms with Gasteiger partial charge in [-0.1, -0.05) is 11.6 Å². The molecule has 1 unspecified atom stereocenters. The van der Waals surface area contributed by atoms with Crippen LogP contribution in [0.2, 0.25) is 5.15 Å². The Morgan fingerprint density at radius 1 is 1.17 bits per heavy atom. The second-order valence-corrected chi connectivity index (χ2v) is 15.3. The highest BCUT2D eigenvalue weighted by atomic mass is 35.5. The van der Waals surface area contributed by atoms with E-state index in [0.29, 0.717) is 24.8 Å². The zero-order valence-electron chi connectivity index (χ0n) is 27.6. The van der Waals surface area contributed by atoms with Crippen LogP contribution in [0.4, 0.5) is 18.0 Å². The molecule has 0 bridgehead atoms. The van der Waals surface area contributed by atoms with Gasteiger partial charge in [0.05, 0.1) is 28.7 Å². The Morgan fingerprint density at radius 2 is 1.92 bits per heavy atom. The van der Waals surface area contributed by atoms with Crippen molar-refractivity contribution in [2.75, 3.05) is 13.2 Å². The predicted molar refractivity (Wildman–Crippen MR) is 174 cm³/mol. The second kappa shape index (κ2) is 13.8. The van der Waals surface area contributed by atoms with Crippen LogP contribution in [0.5, 0.6) is 5.88 Å². The lowest BCUT2D eigenvalue weighted by atomic mass is 9.93. The summed E-state index contributed by atoms with van der Waals surface area (Å²) in [6, 6.07) is 4.59. The normalized spacial score (nSPS) is 18.5. The van der Waals surface area contributed by atoms with Crippen LogP contribution in [-0.4, -0.2) is 71.9 Å². The van der Waals surface area contributed by atoms with Gasteiger partial charge in [-0.15, -0.1) is 5.10 Å². The van der Waals surface area contributed by atoms with Gasteiger partial charge in [0, 0.05) is 37.1 Å². The van der Waals surface area contributed by atoms with Crippen molar-refractivity contribution < 1.29 is 32.2 Å². The zero-order chi connectivity index (χ0) is 34.9. The van der Waals surface area contributed by atoms with Crippen LogP contribution in [0, 0.1) is 11.3 Å². The van der Waals surface area contributed by atoms with Gasteiger partial charge in [-0.2, -0.15) is 18.3 Å². The highest BCUT2D eigenvalue weighted by Crippen LogP contribution is 2.59. The van der Waals surface area contributed by atoms with Crippen molar-refractivity contribution in [3.8, 4) is 11.7 Å². The molecule has 48 heavy (non-hydrogen) atoms. The second-order valence-electron chi connectivity index (χ2n) is 14.1. The summed E-state index contributed by atoms with van der Waals surface area (Å²) in [6.45, 7) is 11.0. The van der Waals surface area contributed by atoms with E-state index in [4.69, 9.17) is 21.1 Å². The smallest absolute Gasteiger partial charge is 0.410 e. The Labute approximate surface area is 287 Å². The maximum Gasteiger partial charge on any atom is 0.410 e. The lowest BCUT2D eigenvalue weighted by Gasteiger charge is -2.33. The van der Waals surface area contributed by atoms with Crippen LogP contribution in [0.25, 0.3) is 5.82 Å². The van der Waals surface area contributed by atoms with Gasteiger partial charge in [0.2, 0.25) is 5.88 Å². The molecular weight excluding hydrogens is 671 g/mol. The van der Waals surface area contributed by atoms with Crippen molar-refractivity contribution in [1.82, 2.24) is 34.2 Å². The van der Waals surface area contributed by atoms with Crippen LogP contribution in [0.15, 0.2) is 41.7 Å². The van der Waals surface area contributed by atoms with Crippen molar-refractivity contribution in [3.63, 3.8) is 0 Å². The number of amides is 2. The predicted octanol–water partition coefficient (Wildman–Crippen LogP) is 7.48. The number of halogens is 4. The van der Waals surface area contributed by atoms with E-state index in [1.54, 1.807) is 18.5 Å². The molecule has 1 aliphatic carbocycles. The first-order valence-electron chi connectivity index (χ1n) is 15.9. The van der Waals surface area contributed by atoms with Crippen LogP contribution in [-0.2, 0) is 11.3 Å². The molecule has 0 spiro atoms. The highest BCUT2D eigenvalue weighted by molar-refractivity contribution is 7.98. The Kier molecular flexibility index (Phi) is 10.3. The number of aryl methyl sites for hydroxylation is 1. The summed E-state index contributed by atoms with van der Waals surface area (Å²) >= 11 is 7.43. The van der Waals surface area contributed by atoms with Crippen LogP contribution in [0.3, 0.4) is 0 Å². The summed E-state index contributed by atoms with van der Waals surface area (Å²) in [7, 11) is 0. The molecule has 11 nitrogen and oxygen atoms in total. The van der Waals surface area contributed by atoms with Crippen LogP contribution in [0.1, 0.15) is 83.5 Å². The van der Waals surface area contributed by atoms with Gasteiger partial charge in [-0.3, -0.25) is 14.2 Å². The number of aromatic nitrogens is 5. The van der Waals surface area contributed by atoms with Crippen molar-refractivity contribution in [2.45, 2.75) is 102 Å². The monoisotopic (exact) mass is 711 g/mol. The third-order valence-corrected chi connectivity index (χ3v) is 9.63. The van der Waals surface area contributed by atoms with Crippen LogP contribution >= 0.6 is 23.5 Å². The minimum absolute atomic E-state index is 0.0413. The number of alkyl halides is 3. The lowest BCUT2D eigenvalue weighted by molar-refractivity contribution is -0.190. The highest BCUT2D eigenvalue weighted by Gasteiger charge is 2.62. The number of likely N-dealkylation sites (tertiary alicyclic amines) is 1. The average Bonchev–Trinajstić information content (AvgIpc) is 3.28. The third kappa shape index (κ3) is 8.76. The van der Waals surface area contributed by atoms with E-state index in [9.17, 15) is 22.8 Å². The maximum atomic E-state index is 13.1. The van der Waals surface area contributed by atoms with E-state index in [2.05, 4.69) is 33.8 Å². The van der Waals surface area contributed by atoms with E-state index in [1.807, 2.05) is 36.5 Å². The number of nitrogens with zero attached hydrogens (tertiary/aromatic N) is 6. The number of hydrogen-bond acceptors (Lipinski definition) is 8. The third-order valence-electron chi connectivity index (χ3n) is 8.61. The Hall–Kier alpha value is -3.46. The molecule has 3 aromatic heterocycles. The van der Waals surface area contributed by atoms with E-state index in [1.165, 1.54) is 16.8 Å². The molecule has 1 saturated heterocycles. The number of hydrogen-bond donors (Lipinski definition) is 1. The van der Waals surface area contributed by atoms with E-state index >= 15 is 0 Å². The first-order chi connectivity index (χ1) is 22.4. The Bertz CT molecular complexity index is 1620. The summed E-state index contributed by atoms with van der Waals surface area (Å²) in [4.78, 5) is 32.4. The molecule has 0 radical (unpaired) electrons. The van der Waals surface area contributed by atoms with E-state index in [0.717, 1.165) is 36.1 Å². The molecule has 16 heteroatoms. The van der Waals surface area contributed by atoms with Gasteiger partial charge >= 0.3 is 12.3 Å². The molecule has 4 heterocycles. The molecule has 0 aromatic carbocycles. The molecule has 1 aliphatic heterocycles. The fourth-order valence-corrected chi connectivity index (χ4v) is 6.68. The van der Waals surface area contributed by atoms with E-state index in [-0.39, 0.29) is 54.1 Å². The van der Waals surface area contributed by atoms with Crippen molar-refractivity contribution >= 4 is 35.5 Å². The van der Waals surface area contributed by atoms with Gasteiger partial charge in [-0.25, -0.2) is 14.5 Å². The summed E-state index contributed by atoms with van der Waals surface area (Å²) in [5.41, 5.74) is -2.28. The minimum atomic E-state index is -4.23. The maximum absolute atomic E-state index is 13.1. The largest absolute Gasteiger partial charge is 0.477 e. The molecule has 262 valence electrons. The molecule has 2 fully saturated rings. The first-order valence-corrected chi connectivity index (χ1v) is 17.1. The molecule has 2 aliphatic rings. The fourth-order valence-electron chi connectivity index (χ4n) is 5.85. The topological polar surface area (TPSA) is 116 Å². The molecule has 1 saturated carbocycles. The Morgan fingerprint density at radius 3 is 2.58 bits per heavy atom. The summed E-state index contributed by atoms with van der Waals surface area (Å²) in [5, 5.41) is 8.57. The van der Waals surface area contributed by atoms with Gasteiger partial charge in [0.25, 0.3) is 5.91 Å². The average molecular weight is 712 g/mol. The number of ether oxygens (including phenoxy) is 2. The summed E-state index contributed by atoms with van der Waals surface area (Å²) < 4.78 is 56.4. The number of pyridine rings is 1. The fraction of sp³-hybridized carbons (Fsp3) is 0.594.